The summed E-state index contributed by atoms with van der Waals surface area (Å²) in [6, 6.07) is 1.65. The molecule has 0 spiro atoms. The van der Waals surface area contributed by atoms with E-state index < -0.39 is 11.9 Å². The molecule has 0 bridgehead atoms. The Hall–Kier alpha value is -1.85. The molecule has 1 heterocycles. The number of amides is 1. The van der Waals surface area contributed by atoms with Gasteiger partial charge in [-0.15, -0.1) is 0 Å². The first-order chi connectivity index (χ1) is 9.47. The van der Waals surface area contributed by atoms with Gasteiger partial charge >= 0.3 is 5.97 Å². The molecule has 2 unspecified atom stereocenters. The SMILES string of the molecule is Cc1cc(C)n(CC(=O)NC2CCCCC2C(=O)O)n1. The predicted octanol–water partition coefficient (Wildman–Crippen LogP) is 1.26. The molecule has 6 nitrogen and oxygen atoms in total. The van der Waals surface area contributed by atoms with Crippen LogP contribution in [0.15, 0.2) is 6.07 Å². The van der Waals surface area contributed by atoms with Crippen LogP contribution in [0, 0.1) is 19.8 Å². The zero-order valence-corrected chi connectivity index (χ0v) is 11.9. The third-order valence-electron chi connectivity index (χ3n) is 3.83. The minimum Gasteiger partial charge on any atom is -0.481 e. The molecular formula is C14H21N3O3. The van der Waals surface area contributed by atoms with Gasteiger partial charge in [0.2, 0.25) is 5.91 Å². The molecule has 2 rings (SSSR count). The summed E-state index contributed by atoms with van der Waals surface area (Å²) in [6.45, 7) is 3.92. The topological polar surface area (TPSA) is 84.2 Å². The number of hydrogen-bond acceptors (Lipinski definition) is 3. The highest BCUT2D eigenvalue weighted by molar-refractivity contribution is 5.78. The van der Waals surface area contributed by atoms with Gasteiger partial charge in [-0.25, -0.2) is 0 Å². The molecule has 0 saturated heterocycles. The molecule has 1 aromatic rings. The number of aryl methyl sites for hydroxylation is 2. The Labute approximate surface area is 118 Å². The standard InChI is InChI=1S/C14H21N3O3/c1-9-7-10(2)17(16-9)8-13(18)15-12-6-4-3-5-11(12)14(19)20/h7,11-12H,3-6,8H2,1-2H3,(H,15,18)(H,19,20). The first-order valence-electron chi connectivity index (χ1n) is 7.00. The summed E-state index contributed by atoms with van der Waals surface area (Å²) < 4.78 is 1.64. The van der Waals surface area contributed by atoms with Crippen LogP contribution < -0.4 is 5.32 Å². The third kappa shape index (κ3) is 3.37. The maximum atomic E-state index is 12.0. The van der Waals surface area contributed by atoms with E-state index in [1.165, 1.54) is 0 Å². The summed E-state index contributed by atoms with van der Waals surface area (Å²) in [6.07, 6.45) is 3.26. The van der Waals surface area contributed by atoms with E-state index >= 15 is 0 Å². The fraction of sp³-hybridized carbons (Fsp3) is 0.643. The van der Waals surface area contributed by atoms with E-state index in [4.69, 9.17) is 0 Å². The zero-order valence-electron chi connectivity index (χ0n) is 11.9. The fourth-order valence-electron chi connectivity index (χ4n) is 2.82. The maximum Gasteiger partial charge on any atom is 0.308 e. The van der Waals surface area contributed by atoms with E-state index in [2.05, 4.69) is 10.4 Å². The number of hydrogen-bond donors (Lipinski definition) is 2. The quantitative estimate of drug-likeness (QED) is 0.869. The van der Waals surface area contributed by atoms with Crippen molar-refractivity contribution in [2.45, 2.75) is 52.1 Å². The van der Waals surface area contributed by atoms with Crippen LogP contribution in [0.5, 0.6) is 0 Å². The van der Waals surface area contributed by atoms with Gasteiger partial charge in [0.25, 0.3) is 0 Å². The lowest BCUT2D eigenvalue weighted by Crippen LogP contribution is -2.46. The van der Waals surface area contributed by atoms with E-state index in [9.17, 15) is 14.7 Å². The van der Waals surface area contributed by atoms with Gasteiger partial charge in [0.15, 0.2) is 0 Å². The summed E-state index contributed by atoms with van der Waals surface area (Å²) in [7, 11) is 0. The highest BCUT2D eigenvalue weighted by Gasteiger charge is 2.31. The molecule has 20 heavy (non-hydrogen) atoms. The van der Waals surface area contributed by atoms with E-state index in [1.54, 1.807) is 4.68 Å². The molecule has 1 amide bonds. The molecule has 6 heteroatoms. The van der Waals surface area contributed by atoms with Crippen LogP contribution in [0.25, 0.3) is 0 Å². The summed E-state index contributed by atoms with van der Waals surface area (Å²) >= 11 is 0. The highest BCUT2D eigenvalue weighted by atomic mass is 16.4. The van der Waals surface area contributed by atoms with Gasteiger partial charge in [0, 0.05) is 11.7 Å². The second-order valence-corrected chi connectivity index (χ2v) is 5.49. The van der Waals surface area contributed by atoms with Crippen molar-refractivity contribution in [2.75, 3.05) is 0 Å². The highest BCUT2D eigenvalue weighted by Crippen LogP contribution is 2.24. The molecule has 0 aromatic carbocycles. The van der Waals surface area contributed by atoms with E-state index in [1.807, 2.05) is 19.9 Å². The number of nitrogens with one attached hydrogen (secondary N) is 1. The normalized spacial score (nSPS) is 22.5. The number of carboxylic acids is 1. The molecular weight excluding hydrogens is 258 g/mol. The average molecular weight is 279 g/mol. The van der Waals surface area contributed by atoms with Crippen LogP contribution in [0.4, 0.5) is 0 Å². The summed E-state index contributed by atoms with van der Waals surface area (Å²) in [4.78, 5) is 23.2. The smallest absolute Gasteiger partial charge is 0.308 e. The predicted molar refractivity (Wildman–Crippen MR) is 73.2 cm³/mol. The van der Waals surface area contributed by atoms with Crippen LogP contribution in [0.3, 0.4) is 0 Å². The van der Waals surface area contributed by atoms with Crippen molar-refractivity contribution in [1.82, 2.24) is 15.1 Å². The molecule has 0 radical (unpaired) electrons. The monoisotopic (exact) mass is 279 g/mol. The Bertz CT molecular complexity index is 510. The first-order valence-corrected chi connectivity index (χ1v) is 7.00. The third-order valence-corrected chi connectivity index (χ3v) is 3.83. The number of carbonyl (C=O) groups excluding carboxylic acids is 1. The van der Waals surface area contributed by atoms with Crippen molar-refractivity contribution in [3.05, 3.63) is 17.5 Å². The number of carboxylic acid groups (broad SMARTS) is 1. The van der Waals surface area contributed by atoms with Crippen LogP contribution in [-0.4, -0.2) is 32.8 Å². The van der Waals surface area contributed by atoms with Gasteiger partial charge in [-0.2, -0.15) is 5.10 Å². The summed E-state index contributed by atoms with van der Waals surface area (Å²) in [5.41, 5.74) is 1.80. The Kier molecular flexibility index (Phi) is 4.42. The number of nitrogens with zero attached hydrogens (tertiary/aromatic N) is 2. The van der Waals surface area contributed by atoms with Crippen molar-refractivity contribution in [1.29, 1.82) is 0 Å². The lowest BCUT2D eigenvalue weighted by molar-refractivity contribution is -0.144. The molecule has 1 saturated carbocycles. The molecule has 0 aliphatic heterocycles. The fourth-order valence-corrected chi connectivity index (χ4v) is 2.82. The van der Waals surface area contributed by atoms with Crippen LogP contribution in [0.2, 0.25) is 0 Å². The van der Waals surface area contributed by atoms with Gasteiger partial charge < -0.3 is 10.4 Å². The Morgan fingerprint density at radius 3 is 2.70 bits per heavy atom. The largest absolute Gasteiger partial charge is 0.481 e. The second kappa shape index (κ2) is 6.07. The van der Waals surface area contributed by atoms with Gasteiger partial charge in [-0.3, -0.25) is 14.3 Å². The van der Waals surface area contributed by atoms with Crippen molar-refractivity contribution in [3.63, 3.8) is 0 Å². The van der Waals surface area contributed by atoms with Crippen LogP contribution in [-0.2, 0) is 16.1 Å². The molecule has 1 aliphatic rings. The van der Waals surface area contributed by atoms with Crippen molar-refractivity contribution in [3.8, 4) is 0 Å². The lowest BCUT2D eigenvalue weighted by atomic mass is 9.84. The minimum atomic E-state index is -0.818. The Morgan fingerprint density at radius 2 is 2.10 bits per heavy atom. The van der Waals surface area contributed by atoms with E-state index in [0.717, 1.165) is 30.7 Å². The number of aliphatic carboxylic acids is 1. The van der Waals surface area contributed by atoms with Crippen molar-refractivity contribution in [2.24, 2.45) is 5.92 Å². The summed E-state index contributed by atoms with van der Waals surface area (Å²) in [5.74, 6) is -1.45. The molecule has 1 aliphatic carbocycles. The average Bonchev–Trinajstić information content (AvgIpc) is 2.68. The summed E-state index contributed by atoms with van der Waals surface area (Å²) in [5, 5.41) is 16.3. The minimum absolute atomic E-state index is 0.141. The van der Waals surface area contributed by atoms with E-state index in [-0.39, 0.29) is 18.5 Å². The number of rotatable bonds is 4. The molecule has 110 valence electrons. The van der Waals surface area contributed by atoms with E-state index in [0.29, 0.717) is 6.42 Å². The van der Waals surface area contributed by atoms with Crippen molar-refractivity contribution < 1.29 is 14.7 Å². The van der Waals surface area contributed by atoms with Crippen molar-refractivity contribution >= 4 is 11.9 Å². The van der Waals surface area contributed by atoms with Gasteiger partial charge in [0.05, 0.1) is 11.6 Å². The second-order valence-electron chi connectivity index (χ2n) is 5.49. The number of carbonyl (C=O) groups is 2. The molecule has 2 N–H and O–H groups in total. The zero-order chi connectivity index (χ0) is 14.7. The van der Waals surface area contributed by atoms with Gasteiger partial charge in [-0.1, -0.05) is 12.8 Å². The first kappa shape index (κ1) is 14.6. The Morgan fingerprint density at radius 1 is 1.40 bits per heavy atom. The van der Waals surface area contributed by atoms with Crippen LogP contribution in [0.1, 0.15) is 37.1 Å². The molecule has 1 fully saturated rings. The lowest BCUT2D eigenvalue weighted by Gasteiger charge is -2.29. The van der Waals surface area contributed by atoms with Crippen LogP contribution >= 0.6 is 0 Å². The number of aromatic nitrogens is 2. The maximum absolute atomic E-state index is 12.0. The van der Waals surface area contributed by atoms with Gasteiger partial charge in [0.1, 0.15) is 6.54 Å². The Balaban J connectivity index is 1.96. The molecule has 2 atom stereocenters. The van der Waals surface area contributed by atoms with Gasteiger partial charge in [-0.05, 0) is 32.8 Å². The molecule has 1 aromatic heterocycles.